The van der Waals surface area contributed by atoms with Crippen LogP contribution in [-0.4, -0.2) is 11.6 Å². The minimum atomic E-state index is 0.172. The average Bonchev–Trinajstić information content (AvgIpc) is 2.80. The molecular formula is C26H24N2O. The monoisotopic (exact) mass is 380 g/mol. The highest BCUT2D eigenvalue weighted by Crippen LogP contribution is 2.26. The molecule has 0 spiro atoms. The molecular weight excluding hydrogens is 356 g/mol. The molecule has 4 rings (SSSR count). The second kappa shape index (κ2) is 9.56. The van der Waals surface area contributed by atoms with Gasteiger partial charge in [0.2, 0.25) is 0 Å². The Bertz CT molecular complexity index is 965. The van der Waals surface area contributed by atoms with E-state index in [1.165, 1.54) is 16.7 Å². The summed E-state index contributed by atoms with van der Waals surface area (Å²) in [4.78, 5) is 4.41. The summed E-state index contributed by atoms with van der Waals surface area (Å²) >= 11 is 0. The Labute approximate surface area is 172 Å². The van der Waals surface area contributed by atoms with Gasteiger partial charge >= 0.3 is 0 Å². The highest BCUT2D eigenvalue weighted by atomic mass is 16.5. The molecule has 1 aromatic heterocycles. The van der Waals surface area contributed by atoms with Gasteiger partial charge in [-0.05, 0) is 22.8 Å². The highest BCUT2D eigenvalue weighted by Gasteiger charge is 2.15. The topological polar surface area (TPSA) is 34.1 Å². The zero-order valence-electron chi connectivity index (χ0n) is 16.2. The quantitative estimate of drug-likeness (QED) is 0.413. The Morgan fingerprint density at radius 1 is 0.724 bits per heavy atom. The number of ether oxygens (including phenoxy) is 1. The number of pyridine rings is 1. The smallest absolute Gasteiger partial charge is 0.129 e. The lowest BCUT2D eigenvalue weighted by molar-refractivity contribution is 0.303. The summed E-state index contributed by atoms with van der Waals surface area (Å²) in [6.45, 7) is 1.30. The van der Waals surface area contributed by atoms with Crippen molar-refractivity contribution < 1.29 is 4.74 Å². The van der Waals surface area contributed by atoms with E-state index in [4.69, 9.17) is 4.74 Å². The predicted molar refractivity (Wildman–Crippen MR) is 118 cm³/mol. The number of hydrogen-bond acceptors (Lipinski definition) is 3. The number of anilines is 1. The normalized spacial score (nSPS) is 10.7. The van der Waals surface area contributed by atoms with E-state index in [0.29, 0.717) is 6.61 Å². The minimum Gasteiger partial charge on any atom is -0.492 e. The number of rotatable bonds is 8. The summed E-state index contributed by atoms with van der Waals surface area (Å²) in [6.07, 6.45) is 1.78. The number of hydrogen-bond donors (Lipinski definition) is 1. The fraction of sp³-hybridized carbons (Fsp3) is 0.115. The maximum atomic E-state index is 6.19. The molecule has 0 amide bonds. The number of nitrogens with one attached hydrogen (secondary N) is 1. The lowest BCUT2D eigenvalue weighted by Gasteiger charge is -2.19. The molecule has 29 heavy (non-hydrogen) atoms. The Morgan fingerprint density at radius 2 is 1.31 bits per heavy atom. The van der Waals surface area contributed by atoms with Crippen molar-refractivity contribution in [3.63, 3.8) is 0 Å². The number of nitrogens with zero attached hydrogens (tertiary/aromatic N) is 1. The van der Waals surface area contributed by atoms with E-state index in [1.807, 2.05) is 42.5 Å². The summed E-state index contributed by atoms with van der Waals surface area (Å²) in [5.74, 6) is 1.79. The van der Waals surface area contributed by atoms with Gasteiger partial charge in [0.15, 0.2) is 0 Å². The summed E-state index contributed by atoms with van der Waals surface area (Å²) in [5.41, 5.74) is 3.71. The molecule has 1 heterocycles. The van der Waals surface area contributed by atoms with E-state index in [0.717, 1.165) is 18.1 Å². The molecule has 0 bridgehead atoms. The van der Waals surface area contributed by atoms with Crippen LogP contribution in [0.5, 0.6) is 5.75 Å². The lowest BCUT2D eigenvalue weighted by Crippen LogP contribution is -2.12. The van der Waals surface area contributed by atoms with Crippen LogP contribution in [0.2, 0.25) is 0 Å². The molecule has 1 N–H and O–H groups in total. The van der Waals surface area contributed by atoms with Gasteiger partial charge < -0.3 is 10.1 Å². The van der Waals surface area contributed by atoms with Crippen molar-refractivity contribution in [2.24, 2.45) is 0 Å². The third-order valence-corrected chi connectivity index (χ3v) is 4.87. The standard InChI is InChI=1S/C26H24N2O/c1-4-10-21(11-5-1)19-28-26-18-24(16-17-27-26)29-20-25(22-12-6-2-7-13-22)23-14-8-3-9-15-23/h1-18,25H,19-20H2,(H,27,28). The molecule has 3 aromatic carbocycles. The van der Waals surface area contributed by atoms with Gasteiger partial charge in [0, 0.05) is 24.7 Å². The largest absolute Gasteiger partial charge is 0.492 e. The molecule has 0 aliphatic carbocycles. The number of benzene rings is 3. The Morgan fingerprint density at radius 3 is 1.93 bits per heavy atom. The predicted octanol–water partition coefficient (Wildman–Crippen LogP) is 5.90. The van der Waals surface area contributed by atoms with Crippen LogP contribution in [0.3, 0.4) is 0 Å². The van der Waals surface area contributed by atoms with Crippen LogP contribution in [0.1, 0.15) is 22.6 Å². The maximum absolute atomic E-state index is 6.19. The van der Waals surface area contributed by atoms with Gasteiger partial charge in [0.05, 0.1) is 6.61 Å². The van der Waals surface area contributed by atoms with Crippen molar-refractivity contribution in [2.45, 2.75) is 12.5 Å². The highest BCUT2D eigenvalue weighted by molar-refractivity contribution is 5.41. The van der Waals surface area contributed by atoms with Crippen LogP contribution in [0.25, 0.3) is 0 Å². The van der Waals surface area contributed by atoms with Crippen LogP contribution in [-0.2, 0) is 6.54 Å². The molecule has 4 aromatic rings. The summed E-state index contributed by atoms with van der Waals surface area (Å²) < 4.78 is 6.19. The van der Waals surface area contributed by atoms with Gasteiger partial charge in [-0.25, -0.2) is 4.98 Å². The van der Waals surface area contributed by atoms with Crippen LogP contribution < -0.4 is 10.1 Å². The van der Waals surface area contributed by atoms with E-state index < -0.39 is 0 Å². The maximum Gasteiger partial charge on any atom is 0.129 e. The molecule has 0 radical (unpaired) electrons. The minimum absolute atomic E-state index is 0.172. The van der Waals surface area contributed by atoms with Crippen molar-refractivity contribution in [1.82, 2.24) is 4.98 Å². The van der Waals surface area contributed by atoms with Gasteiger partial charge in [0.1, 0.15) is 11.6 Å². The molecule has 0 saturated heterocycles. The van der Waals surface area contributed by atoms with E-state index in [9.17, 15) is 0 Å². The molecule has 0 saturated carbocycles. The van der Waals surface area contributed by atoms with Crippen molar-refractivity contribution in [3.05, 3.63) is 126 Å². The fourth-order valence-corrected chi connectivity index (χ4v) is 3.32. The van der Waals surface area contributed by atoms with E-state index in [2.05, 4.69) is 71.0 Å². The average molecular weight is 380 g/mol. The van der Waals surface area contributed by atoms with Crippen LogP contribution in [0, 0.1) is 0 Å². The SMILES string of the molecule is c1ccc(CNc2cc(OCC(c3ccccc3)c3ccccc3)ccn2)cc1. The first kappa shape index (κ1) is 18.8. The Hall–Kier alpha value is -3.59. The molecule has 3 nitrogen and oxygen atoms in total. The lowest BCUT2D eigenvalue weighted by atomic mass is 9.92. The van der Waals surface area contributed by atoms with Crippen LogP contribution >= 0.6 is 0 Å². The molecule has 0 atom stereocenters. The van der Waals surface area contributed by atoms with Gasteiger partial charge in [-0.15, -0.1) is 0 Å². The van der Waals surface area contributed by atoms with E-state index >= 15 is 0 Å². The van der Waals surface area contributed by atoms with E-state index in [-0.39, 0.29) is 5.92 Å². The van der Waals surface area contributed by atoms with Gasteiger partial charge in [-0.2, -0.15) is 0 Å². The van der Waals surface area contributed by atoms with Crippen molar-refractivity contribution >= 4 is 5.82 Å². The first-order valence-electron chi connectivity index (χ1n) is 9.85. The molecule has 0 aliphatic heterocycles. The van der Waals surface area contributed by atoms with Crippen molar-refractivity contribution in [1.29, 1.82) is 0 Å². The molecule has 144 valence electrons. The zero-order chi connectivity index (χ0) is 19.7. The van der Waals surface area contributed by atoms with E-state index in [1.54, 1.807) is 6.20 Å². The summed E-state index contributed by atoms with van der Waals surface area (Å²) in [7, 11) is 0. The van der Waals surface area contributed by atoms with Crippen molar-refractivity contribution in [3.8, 4) is 5.75 Å². The van der Waals surface area contributed by atoms with Gasteiger partial charge in [-0.3, -0.25) is 0 Å². The third kappa shape index (κ3) is 5.23. The first-order chi connectivity index (χ1) is 14.4. The van der Waals surface area contributed by atoms with Crippen molar-refractivity contribution in [2.75, 3.05) is 11.9 Å². The third-order valence-electron chi connectivity index (χ3n) is 4.87. The zero-order valence-corrected chi connectivity index (χ0v) is 16.2. The molecule has 0 aliphatic rings. The van der Waals surface area contributed by atoms with Crippen LogP contribution in [0.4, 0.5) is 5.82 Å². The molecule has 0 unspecified atom stereocenters. The second-order valence-electron chi connectivity index (χ2n) is 6.90. The second-order valence-corrected chi connectivity index (χ2v) is 6.90. The summed E-state index contributed by atoms with van der Waals surface area (Å²) in [5, 5.41) is 3.36. The van der Waals surface area contributed by atoms with Gasteiger partial charge in [-0.1, -0.05) is 91.0 Å². The van der Waals surface area contributed by atoms with Gasteiger partial charge in [0.25, 0.3) is 0 Å². The first-order valence-corrected chi connectivity index (χ1v) is 9.85. The number of aromatic nitrogens is 1. The summed E-state index contributed by atoms with van der Waals surface area (Å²) in [6, 6.07) is 35.1. The molecule has 0 fully saturated rings. The Balaban J connectivity index is 1.45. The fourth-order valence-electron chi connectivity index (χ4n) is 3.32. The Kier molecular flexibility index (Phi) is 6.18. The van der Waals surface area contributed by atoms with Crippen LogP contribution in [0.15, 0.2) is 109 Å². The molecule has 3 heteroatoms.